The van der Waals surface area contributed by atoms with Crippen molar-refractivity contribution in [3.05, 3.63) is 35.1 Å². The lowest BCUT2D eigenvalue weighted by Gasteiger charge is -2.34. The Kier molecular flexibility index (Phi) is 3.65. The first-order chi connectivity index (χ1) is 10.6. The molecule has 1 aromatic rings. The zero-order valence-electron chi connectivity index (χ0n) is 12.6. The molecule has 0 radical (unpaired) electrons. The molecule has 5 heteroatoms. The first-order valence-electron chi connectivity index (χ1n) is 7.69. The van der Waals surface area contributed by atoms with Crippen molar-refractivity contribution in [3.63, 3.8) is 0 Å². The van der Waals surface area contributed by atoms with Crippen LogP contribution in [0.5, 0.6) is 0 Å². The third-order valence-corrected chi connectivity index (χ3v) is 5.43. The molecule has 0 unspecified atom stereocenters. The summed E-state index contributed by atoms with van der Waals surface area (Å²) in [5.74, 6) is -0.972. The second-order valence-corrected chi connectivity index (χ2v) is 6.34. The highest BCUT2D eigenvalue weighted by Crippen LogP contribution is 2.51. The van der Waals surface area contributed by atoms with Crippen LogP contribution in [-0.2, 0) is 0 Å². The van der Waals surface area contributed by atoms with E-state index in [1.807, 2.05) is 13.0 Å². The molecule has 1 amide bonds. The zero-order chi connectivity index (χ0) is 15.9. The molecular formula is C17H19FN2O2. The van der Waals surface area contributed by atoms with E-state index in [1.54, 1.807) is 4.90 Å². The number of halogens is 1. The fraction of sp³-hybridized carbons (Fsp3) is 0.529. The fourth-order valence-electron chi connectivity index (χ4n) is 4.16. The van der Waals surface area contributed by atoms with E-state index in [9.17, 15) is 14.3 Å². The summed E-state index contributed by atoms with van der Waals surface area (Å²) in [5.41, 5.74) is -0.0285. The van der Waals surface area contributed by atoms with E-state index >= 15 is 0 Å². The van der Waals surface area contributed by atoms with Gasteiger partial charge in [-0.15, -0.1) is 0 Å². The summed E-state index contributed by atoms with van der Waals surface area (Å²) < 4.78 is 14.1. The third kappa shape index (κ3) is 2.02. The largest absolute Gasteiger partial charge is 0.396 e. The summed E-state index contributed by atoms with van der Waals surface area (Å²) in [7, 11) is 0. The average molecular weight is 302 g/mol. The highest BCUT2D eigenvalue weighted by molar-refractivity contribution is 5.95. The topological polar surface area (TPSA) is 64.3 Å². The molecule has 2 bridgehead atoms. The van der Waals surface area contributed by atoms with E-state index in [4.69, 9.17) is 5.26 Å². The molecule has 3 atom stereocenters. The van der Waals surface area contributed by atoms with Gasteiger partial charge in [-0.3, -0.25) is 4.79 Å². The molecule has 2 aliphatic heterocycles. The Bertz CT molecular complexity index is 649. The number of fused-ring (bicyclic) bond motifs is 2. The van der Waals surface area contributed by atoms with Crippen LogP contribution in [0.25, 0.3) is 0 Å². The van der Waals surface area contributed by atoms with Crippen molar-refractivity contribution in [2.24, 2.45) is 5.41 Å². The Morgan fingerprint density at radius 2 is 2.32 bits per heavy atom. The minimum absolute atomic E-state index is 0.0146. The van der Waals surface area contributed by atoms with Crippen LogP contribution >= 0.6 is 0 Å². The smallest absolute Gasteiger partial charge is 0.257 e. The van der Waals surface area contributed by atoms with Crippen molar-refractivity contribution in [2.45, 2.75) is 44.7 Å². The first-order valence-corrected chi connectivity index (χ1v) is 7.69. The number of carbonyl (C=O) groups is 1. The number of carbonyl (C=O) groups excluding carboxylic acids is 1. The predicted molar refractivity (Wildman–Crippen MR) is 78.5 cm³/mol. The van der Waals surface area contributed by atoms with Crippen LogP contribution in [0.3, 0.4) is 0 Å². The number of amides is 1. The molecule has 2 aliphatic rings. The number of rotatable bonds is 3. The molecule has 2 heterocycles. The highest BCUT2D eigenvalue weighted by atomic mass is 19.1. The maximum atomic E-state index is 14.1. The molecule has 22 heavy (non-hydrogen) atoms. The molecule has 0 aliphatic carbocycles. The van der Waals surface area contributed by atoms with E-state index < -0.39 is 5.82 Å². The van der Waals surface area contributed by atoms with Gasteiger partial charge in [-0.1, -0.05) is 6.92 Å². The van der Waals surface area contributed by atoms with Gasteiger partial charge >= 0.3 is 0 Å². The van der Waals surface area contributed by atoms with Crippen LogP contribution in [-0.4, -0.2) is 34.6 Å². The molecule has 116 valence electrons. The molecule has 2 saturated heterocycles. The van der Waals surface area contributed by atoms with Crippen LogP contribution in [0.1, 0.15) is 48.5 Å². The lowest BCUT2D eigenvalue weighted by atomic mass is 9.72. The van der Waals surface area contributed by atoms with Gasteiger partial charge in [0.05, 0.1) is 23.8 Å². The van der Waals surface area contributed by atoms with Gasteiger partial charge in [0.15, 0.2) is 0 Å². The molecular weight excluding hydrogens is 283 g/mol. The normalized spacial score (nSPS) is 29.6. The van der Waals surface area contributed by atoms with Crippen molar-refractivity contribution in [2.75, 3.05) is 6.61 Å². The first kappa shape index (κ1) is 15.0. The van der Waals surface area contributed by atoms with Gasteiger partial charge in [-0.05, 0) is 43.9 Å². The van der Waals surface area contributed by atoms with E-state index in [1.165, 1.54) is 12.1 Å². The van der Waals surface area contributed by atoms with Gasteiger partial charge in [0.25, 0.3) is 5.91 Å². The quantitative estimate of drug-likeness (QED) is 0.933. The summed E-state index contributed by atoms with van der Waals surface area (Å²) >= 11 is 0. The van der Waals surface area contributed by atoms with E-state index in [0.29, 0.717) is 0 Å². The second kappa shape index (κ2) is 5.36. The van der Waals surface area contributed by atoms with Gasteiger partial charge in [0.1, 0.15) is 5.82 Å². The standard InChI is InChI=1S/C17H19FN2O2/c1-2-17(10-21)8-12-4-6-15(17)20(12)16(22)13-5-3-11(9-19)7-14(13)18/h3,5,7,12,15,21H,2,4,6,8,10H2,1H3/t12-,15+,17-/m1/s1. The van der Waals surface area contributed by atoms with E-state index in [-0.39, 0.29) is 41.1 Å². The summed E-state index contributed by atoms with van der Waals surface area (Å²) in [5, 5.41) is 18.6. The SMILES string of the molecule is CC[C@]1(CO)C[C@H]2CC[C@@H]1N2C(=O)c1ccc(C#N)cc1F. The summed E-state index contributed by atoms with van der Waals surface area (Å²) in [4.78, 5) is 14.5. The van der Waals surface area contributed by atoms with Crippen LogP contribution in [0.15, 0.2) is 18.2 Å². The predicted octanol–water partition coefficient (Wildman–Crippen LogP) is 2.46. The van der Waals surface area contributed by atoms with Crippen molar-refractivity contribution in [1.82, 2.24) is 4.90 Å². The number of aliphatic hydroxyl groups is 1. The number of benzene rings is 1. The van der Waals surface area contributed by atoms with Gasteiger partial charge < -0.3 is 10.0 Å². The van der Waals surface area contributed by atoms with Crippen LogP contribution in [0.2, 0.25) is 0 Å². The zero-order valence-corrected chi connectivity index (χ0v) is 12.6. The minimum Gasteiger partial charge on any atom is -0.396 e. The Labute approximate surface area is 129 Å². The Balaban J connectivity index is 1.92. The van der Waals surface area contributed by atoms with Crippen LogP contribution < -0.4 is 0 Å². The monoisotopic (exact) mass is 302 g/mol. The Hall–Kier alpha value is -1.93. The van der Waals surface area contributed by atoms with Gasteiger partial charge in [-0.25, -0.2) is 4.39 Å². The second-order valence-electron chi connectivity index (χ2n) is 6.34. The molecule has 4 nitrogen and oxygen atoms in total. The van der Waals surface area contributed by atoms with Crippen molar-refractivity contribution in [1.29, 1.82) is 5.26 Å². The molecule has 1 aromatic carbocycles. The Morgan fingerprint density at radius 1 is 1.55 bits per heavy atom. The maximum absolute atomic E-state index is 14.1. The minimum atomic E-state index is -0.651. The summed E-state index contributed by atoms with van der Waals surface area (Å²) in [6.45, 7) is 2.09. The van der Waals surface area contributed by atoms with Crippen molar-refractivity contribution in [3.8, 4) is 6.07 Å². The molecule has 2 fully saturated rings. The van der Waals surface area contributed by atoms with Crippen molar-refractivity contribution < 1.29 is 14.3 Å². The highest BCUT2D eigenvalue weighted by Gasteiger charge is 2.56. The number of aliphatic hydroxyl groups excluding tert-OH is 1. The van der Waals surface area contributed by atoms with Crippen molar-refractivity contribution >= 4 is 5.91 Å². The number of hydrogen-bond acceptors (Lipinski definition) is 3. The van der Waals surface area contributed by atoms with Gasteiger partial charge in [0, 0.05) is 17.5 Å². The van der Waals surface area contributed by atoms with Crippen LogP contribution in [0.4, 0.5) is 4.39 Å². The number of hydrogen-bond donors (Lipinski definition) is 1. The lowest BCUT2D eigenvalue weighted by Crippen LogP contribution is -2.42. The average Bonchev–Trinajstić information content (AvgIpc) is 3.09. The molecule has 0 aromatic heterocycles. The van der Waals surface area contributed by atoms with Crippen LogP contribution in [0, 0.1) is 22.6 Å². The maximum Gasteiger partial charge on any atom is 0.257 e. The molecule has 0 saturated carbocycles. The number of nitrogens with zero attached hydrogens (tertiary/aromatic N) is 2. The van der Waals surface area contributed by atoms with Gasteiger partial charge in [0.2, 0.25) is 0 Å². The number of nitriles is 1. The summed E-state index contributed by atoms with van der Waals surface area (Å²) in [6.07, 6.45) is 3.37. The lowest BCUT2D eigenvalue weighted by molar-refractivity contribution is 0.0553. The Morgan fingerprint density at radius 3 is 2.86 bits per heavy atom. The van der Waals surface area contributed by atoms with E-state index in [0.717, 1.165) is 31.7 Å². The molecule has 1 N–H and O–H groups in total. The third-order valence-electron chi connectivity index (χ3n) is 5.43. The van der Waals surface area contributed by atoms with Gasteiger partial charge in [-0.2, -0.15) is 5.26 Å². The fourth-order valence-corrected chi connectivity index (χ4v) is 4.16. The summed E-state index contributed by atoms with van der Waals surface area (Å²) in [6, 6.07) is 5.89. The molecule has 3 rings (SSSR count). The molecule has 0 spiro atoms. The van der Waals surface area contributed by atoms with E-state index in [2.05, 4.69) is 0 Å².